The van der Waals surface area contributed by atoms with E-state index in [-0.39, 0.29) is 11.5 Å². The summed E-state index contributed by atoms with van der Waals surface area (Å²) in [6.45, 7) is 0. The van der Waals surface area contributed by atoms with Crippen molar-refractivity contribution in [3.63, 3.8) is 0 Å². The highest BCUT2D eigenvalue weighted by molar-refractivity contribution is 6.06. The van der Waals surface area contributed by atoms with E-state index in [4.69, 9.17) is 0 Å². The third-order valence-corrected chi connectivity index (χ3v) is 3.88. The first kappa shape index (κ1) is 16.4. The van der Waals surface area contributed by atoms with Gasteiger partial charge in [-0.2, -0.15) is 5.10 Å². The Morgan fingerprint density at radius 3 is 2.85 bits per heavy atom. The largest absolute Gasteiger partial charge is 0.338 e. The number of aromatic amines is 2. The molecule has 3 N–H and O–H groups in total. The number of anilines is 1. The Balaban J connectivity index is 1.63. The molecule has 0 saturated heterocycles. The molecule has 0 aliphatic carbocycles. The summed E-state index contributed by atoms with van der Waals surface area (Å²) in [4.78, 5) is 29.9. The van der Waals surface area contributed by atoms with Gasteiger partial charge in [0, 0.05) is 11.3 Å². The van der Waals surface area contributed by atoms with Gasteiger partial charge in [-0.15, -0.1) is 0 Å². The minimum absolute atomic E-state index is 0.245. The molecule has 0 radical (unpaired) electrons. The molecule has 2 heterocycles. The van der Waals surface area contributed by atoms with Gasteiger partial charge < -0.3 is 10.3 Å². The van der Waals surface area contributed by atoms with Crippen LogP contribution in [0, 0.1) is 15.9 Å². The number of benzene rings is 2. The average Bonchev–Trinajstić information content (AvgIpc) is 3.28. The predicted molar refractivity (Wildman–Crippen MR) is 94.7 cm³/mol. The van der Waals surface area contributed by atoms with Gasteiger partial charge in [0.25, 0.3) is 5.91 Å². The topological polar surface area (TPSA) is 130 Å². The molecule has 0 aliphatic heterocycles. The number of hydrogen-bond donors (Lipinski definition) is 3. The Bertz CT molecular complexity index is 1180. The van der Waals surface area contributed by atoms with Crippen molar-refractivity contribution < 1.29 is 14.1 Å². The zero-order chi connectivity index (χ0) is 19.0. The van der Waals surface area contributed by atoms with Crippen LogP contribution >= 0.6 is 0 Å². The number of nitrogens with one attached hydrogen (secondary N) is 3. The molecule has 0 saturated carbocycles. The number of amides is 1. The Morgan fingerprint density at radius 2 is 2.07 bits per heavy atom. The molecule has 4 aromatic rings. The Kier molecular flexibility index (Phi) is 3.84. The number of hydrogen-bond acceptors (Lipinski definition) is 5. The van der Waals surface area contributed by atoms with Crippen LogP contribution in [0.2, 0.25) is 0 Å². The zero-order valence-electron chi connectivity index (χ0n) is 13.6. The standard InChI is InChI=1S/C17H11FN6O3/c18-10-3-1-2-9(6-10)16-21-12-5-4-11(7-13(12)22-16)20-17(25)15-14(24(26)27)8-19-23-15/h1-8H,(H,19,23)(H,20,25)(H,21,22). The van der Waals surface area contributed by atoms with Crippen LogP contribution in [0.25, 0.3) is 22.4 Å². The number of imidazole rings is 1. The van der Waals surface area contributed by atoms with Gasteiger partial charge in [0.1, 0.15) is 17.8 Å². The molecular formula is C17H11FN6O3. The molecular weight excluding hydrogens is 355 g/mol. The smallest absolute Gasteiger partial charge is 0.319 e. The lowest BCUT2D eigenvalue weighted by molar-refractivity contribution is -0.385. The molecule has 0 aliphatic rings. The highest BCUT2D eigenvalue weighted by Gasteiger charge is 2.23. The van der Waals surface area contributed by atoms with Crippen molar-refractivity contribution in [1.82, 2.24) is 20.2 Å². The van der Waals surface area contributed by atoms with Crippen LogP contribution < -0.4 is 5.32 Å². The maximum atomic E-state index is 13.4. The van der Waals surface area contributed by atoms with Crippen molar-refractivity contribution in [3.8, 4) is 11.4 Å². The normalized spacial score (nSPS) is 10.9. The number of rotatable bonds is 4. The van der Waals surface area contributed by atoms with Crippen LogP contribution in [0.1, 0.15) is 10.5 Å². The summed E-state index contributed by atoms with van der Waals surface area (Å²) in [5.41, 5.74) is 1.58. The van der Waals surface area contributed by atoms with E-state index in [1.807, 2.05) is 0 Å². The van der Waals surface area contributed by atoms with E-state index in [2.05, 4.69) is 25.5 Å². The van der Waals surface area contributed by atoms with E-state index in [1.54, 1.807) is 30.3 Å². The first-order valence-corrected chi connectivity index (χ1v) is 7.76. The number of carbonyl (C=O) groups is 1. The van der Waals surface area contributed by atoms with Crippen molar-refractivity contribution >= 4 is 28.3 Å². The molecule has 10 heteroatoms. The monoisotopic (exact) mass is 366 g/mol. The summed E-state index contributed by atoms with van der Waals surface area (Å²) < 4.78 is 13.4. The van der Waals surface area contributed by atoms with Crippen LogP contribution in [0.3, 0.4) is 0 Å². The zero-order valence-corrected chi connectivity index (χ0v) is 13.6. The number of H-pyrrole nitrogens is 2. The summed E-state index contributed by atoms with van der Waals surface area (Å²) >= 11 is 0. The SMILES string of the molecule is O=C(Nc1ccc2nc(-c3cccc(F)c3)[nH]c2c1)c1[nH]ncc1[N+](=O)[O-]. The van der Waals surface area contributed by atoms with Crippen LogP contribution in [0.15, 0.2) is 48.7 Å². The Labute approximate surface area is 150 Å². The second-order valence-corrected chi connectivity index (χ2v) is 5.67. The van der Waals surface area contributed by atoms with Gasteiger partial charge in [-0.1, -0.05) is 12.1 Å². The number of aromatic nitrogens is 4. The first-order chi connectivity index (χ1) is 13.0. The lowest BCUT2D eigenvalue weighted by atomic mass is 10.2. The second-order valence-electron chi connectivity index (χ2n) is 5.67. The third kappa shape index (κ3) is 3.11. The van der Waals surface area contributed by atoms with Crippen LogP contribution in [0.5, 0.6) is 0 Å². The van der Waals surface area contributed by atoms with E-state index >= 15 is 0 Å². The summed E-state index contributed by atoms with van der Waals surface area (Å²) in [6, 6.07) is 10.9. The average molecular weight is 366 g/mol. The van der Waals surface area contributed by atoms with Crippen molar-refractivity contribution in [2.24, 2.45) is 0 Å². The first-order valence-electron chi connectivity index (χ1n) is 7.76. The lowest BCUT2D eigenvalue weighted by Gasteiger charge is -2.03. The van der Waals surface area contributed by atoms with Crippen molar-refractivity contribution in [2.75, 3.05) is 5.32 Å². The maximum absolute atomic E-state index is 13.4. The van der Waals surface area contributed by atoms with E-state index < -0.39 is 16.5 Å². The fraction of sp³-hybridized carbons (Fsp3) is 0. The molecule has 1 amide bonds. The fourth-order valence-corrected chi connectivity index (χ4v) is 2.64. The van der Waals surface area contributed by atoms with Crippen molar-refractivity contribution in [2.45, 2.75) is 0 Å². The van der Waals surface area contributed by atoms with Gasteiger partial charge >= 0.3 is 5.69 Å². The summed E-state index contributed by atoms with van der Waals surface area (Å²) in [5, 5.41) is 19.3. The molecule has 2 aromatic heterocycles. The van der Waals surface area contributed by atoms with Crippen LogP contribution in [0.4, 0.5) is 15.8 Å². The molecule has 0 bridgehead atoms. The van der Waals surface area contributed by atoms with Crippen LogP contribution in [-0.4, -0.2) is 31.0 Å². The second kappa shape index (κ2) is 6.33. The highest BCUT2D eigenvalue weighted by atomic mass is 19.1. The molecule has 2 aromatic carbocycles. The quantitative estimate of drug-likeness (QED) is 0.377. The maximum Gasteiger partial charge on any atom is 0.319 e. The van der Waals surface area contributed by atoms with Gasteiger partial charge in [0.15, 0.2) is 0 Å². The predicted octanol–water partition coefficient (Wildman–Crippen LogP) is 3.25. The summed E-state index contributed by atoms with van der Waals surface area (Å²) in [5.74, 6) is -0.581. The van der Waals surface area contributed by atoms with Crippen molar-refractivity contribution in [3.05, 3.63) is 70.3 Å². The minimum atomic E-state index is -0.693. The molecule has 134 valence electrons. The molecule has 9 nitrogen and oxygen atoms in total. The van der Waals surface area contributed by atoms with Gasteiger partial charge in [0.2, 0.25) is 5.69 Å². The van der Waals surface area contributed by atoms with E-state index in [9.17, 15) is 19.3 Å². The van der Waals surface area contributed by atoms with Gasteiger partial charge in [-0.05, 0) is 30.3 Å². The van der Waals surface area contributed by atoms with Crippen molar-refractivity contribution in [1.29, 1.82) is 0 Å². The summed E-state index contributed by atoms with van der Waals surface area (Å²) in [7, 11) is 0. The van der Waals surface area contributed by atoms with Gasteiger partial charge in [-0.25, -0.2) is 9.37 Å². The number of fused-ring (bicyclic) bond motifs is 1. The highest BCUT2D eigenvalue weighted by Crippen LogP contribution is 2.24. The Morgan fingerprint density at radius 1 is 1.22 bits per heavy atom. The molecule has 4 rings (SSSR count). The number of nitrogens with zero attached hydrogens (tertiary/aromatic N) is 3. The van der Waals surface area contributed by atoms with Gasteiger partial charge in [-0.3, -0.25) is 20.0 Å². The number of nitro groups is 1. The van der Waals surface area contributed by atoms with E-state index in [0.717, 1.165) is 6.20 Å². The number of halogens is 1. The minimum Gasteiger partial charge on any atom is -0.338 e. The van der Waals surface area contributed by atoms with Gasteiger partial charge in [0.05, 0.1) is 16.0 Å². The van der Waals surface area contributed by atoms with E-state index in [0.29, 0.717) is 28.1 Å². The molecule has 0 atom stereocenters. The molecule has 0 fully saturated rings. The fourth-order valence-electron chi connectivity index (χ4n) is 2.64. The molecule has 0 unspecified atom stereocenters. The molecule has 27 heavy (non-hydrogen) atoms. The Hall–Kier alpha value is -4.08. The third-order valence-electron chi connectivity index (χ3n) is 3.88. The number of carbonyl (C=O) groups excluding carboxylic acids is 1. The van der Waals surface area contributed by atoms with Crippen LogP contribution in [-0.2, 0) is 0 Å². The lowest BCUT2D eigenvalue weighted by Crippen LogP contribution is -2.14. The summed E-state index contributed by atoms with van der Waals surface area (Å²) in [6.07, 6.45) is 0.971. The molecule has 0 spiro atoms. The van der Waals surface area contributed by atoms with E-state index in [1.165, 1.54) is 12.1 Å².